The van der Waals surface area contributed by atoms with Gasteiger partial charge in [-0.25, -0.2) is 13.6 Å². The molecule has 5 heteroatoms. The van der Waals surface area contributed by atoms with E-state index in [1.807, 2.05) is 6.07 Å². The minimum absolute atomic E-state index is 0.0414. The summed E-state index contributed by atoms with van der Waals surface area (Å²) in [7, 11) is 0. The van der Waals surface area contributed by atoms with E-state index in [1.54, 1.807) is 12.1 Å². The highest BCUT2D eigenvalue weighted by Gasteiger charge is 2.13. The zero-order valence-electron chi connectivity index (χ0n) is 9.56. The molecule has 0 atom stereocenters. The van der Waals surface area contributed by atoms with Crippen LogP contribution in [0, 0.1) is 23.0 Å². The number of para-hydroxylation sites is 1. The minimum atomic E-state index is -0.930. The molecule has 0 fully saturated rings. The van der Waals surface area contributed by atoms with Crippen molar-refractivity contribution < 1.29 is 18.3 Å². The average Bonchev–Trinajstić information content (AvgIpc) is 2.38. The van der Waals surface area contributed by atoms with Crippen LogP contribution in [-0.4, -0.2) is 5.97 Å². The van der Waals surface area contributed by atoms with Crippen LogP contribution in [0.3, 0.4) is 0 Å². The van der Waals surface area contributed by atoms with Crippen molar-refractivity contribution in [2.75, 3.05) is 0 Å². The Balaban J connectivity index is 2.29. The van der Waals surface area contributed by atoms with Crippen molar-refractivity contribution in [1.29, 1.82) is 5.26 Å². The molecule has 0 saturated carbocycles. The fraction of sp³-hybridized carbons (Fsp3) is 0. The van der Waals surface area contributed by atoms with Crippen molar-refractivity contribution in [1.82, 2.24) is 0 Å². The number of nitrogens with zero attached hydrogens (tertiary/aromatic N) is 1. The van der Waals surface area contributed by atoms with E-state index in [2.05, 4.69) is 0 Å². The Morgan fingerprint density at radius 3 is 2.37 bits per heavy atom. The molecule has 0 aliphatic heterocycles. The molecule has 0 saturated heterocycles. The number of carbonyl (C=O) groups is 1. The summed E-state index contributed by atoms with van der Waals surface area (Å²) in [6, 6.07) is 10.3. The fourth-order valence-electron chi connectivity index (χ4n) is 1.48. The van der Waals surface area contributed by atoms with Crippen LogP contribution in [-0.2, 0) is 0 Å². The van der Waals surface area contributed by atoms with E-state index in [4.69, 9.17) is 10.00 Å². The number of hydrogen-bond donors (Lipinski definition) is 0. The van der Waals surface area contributed by atoms with E-state index < -0.39 is 17.6 Å². The van der Waals surface area contributed by atoms with E-state index in [-0.39, 0.29) is 16.9 Å². The number of esters is 1. The van der Waals surface area contributed by atoms with Crippen LogP contribution in [0.5, 0.6) is 5.75 Å². The summed E-state index contributed by atoms with van der Waals surface area (Å²) >= 11 is 0. The van der Waals surface area contributed by atoms with Gasteiger partial charge in [0.05, 0.1) is 11.1 Å². The number of benzene rings is 2. The van der Waals surface area contributed by atoms with Crippen LogP contribution in [0.15, 0.2) is 42.5 Å². The lowest BCUT2D eigenvalue weighted by molar-refractivity contribution is 0.0733. The number of ether oxygens (including phenoxy) is 1. The maximum absolute atomic E-state index is 13.0. The summed E-state index contributed by atoms with van der Waals surface area (Å²) in [4.78, 5) is 11.7. The second-order valence-electron chi connectivity index (χ2n) is 3.66. The normalized spacial score (nSPS) is 9.74. The molecular formula is C14H7F2NO2. The third-order valence-electron chi connectivity index (χ3n) is 2.31. The molecule has 0 radical (unpaired) electrons. The first kappa shape index (κ1) is 12.7. The smallest absolute Gasteiger partial charge is 0.343 e. The van der Waals surface area contributed by atoms with Crippen LogP contribution >= 0.6 is 0 Å². The Kier molecular flexibility index (Phi) is 3.53. The summed E-state index contributed by atoms with van der Waals surface area (Å²) in [6.07, 6.45) is 0. The van der Waals surface area contributed by atoms with E-state index in [1.165, 1.54) is 12.1 Å². The van der Waals surface area contributed by atoms with Gasteiger partial charge in [0.1, 0.15) is 23.5 Å². The number of halogens is 2. The molecular weight excluding hydrogens is 252 g/mol. The van der Waals surface area contributed by atoms with E-state index in [9.17, 15) is 13.6 Å². The lowest BCUT2D eigenvalue weighted by Crippen LogP contribution is -2.10. The minimum Gasteiger partial charge on any atom is -0.422 e. The monoisotopic (exact) mass is 259 g/mol. The first-order valence-electron chi connectivity index (χ1n) is 5.27. The highest BCUT2D eigenvalue weighted by molar-refractivity contribution is 5.91. The molecule has 0 unspecified atom stereocenters. The van der Waals surface area contributed by atoms with Gasteiger partial charge in [-0.2, -0.15) is 5.26 Å². The molecule has 2 aromatic rings. The lowest BCUT2D eigenvalue weighted by atomic mass is 10.2. The number of rotatable bonds is 2. The number of hydrogen-bond acceptors (Lipinski definition) is 3. The zero-order chi connectivity index (χ0) is 13.8. The summed E-state index contributed by atoms with van der Waals surface area (Å²) in [6.45, 7) is 0. The fourth-order valence-corrected chi connectivity index (χ4v) is 1.48. The predicted molar refractivity (Wildman–Crippen MR) is 62.5 cm³/mol. The van der Waals surface area contributed by atoms with Crippen molar-refractivity contribution in [2.24, 2.45) is 0 Å². The Morgan fingerprint density at radius 2 is 1.74 bits per heavy atom. The van der Waals surface area contributed by atoms with Gasteiger partial charge in [0.15, 0.2) is 0 Å². The largest absolute Gasteiger partial charge is 0.422 e. The van der Waals surface area contributed by atoms with Crippen molar-refractivity contribution >= 4 is 5.97 Å². The lowest BCUT2D eigenvalue weighted by Gasteiger charge is -2.05. The van der Waals surface area contributed by atoms with E-state index >= 15 is 0 Å². The number of carbonyl (C=O) groups excluding carboxylic acids is 1. The Bertz CT molecular complexity index is 657. The summed E-state index contributed by atoms with van der Waals surface area (Å²) in [5.41, 5.74) is -0.0991. The van der Waals surface area contributed by atoms with Gasteiger partial charge in [0.2, 0.25) is 0 Å². The molecule has 2 aromatic carbocycles. The number of nitriles is 1. The summed E-state index contributed by atoms with van der Waals surface area (Å²) < 4.78 is 30.9. The molecule has 2 rings (SSSR count). The molecule has 3 nitrogen and oxygen atoms in total. The van der Waals surface area contributed by atoms with Gasteiger partial charge in [0, 0.05) is 6.07 Å². The molecule has 94 valence electrons. The average molecular weight is 259 g/mol. The maximum atomic E-state index is 13.0. The summed E-state index contributed by atoms with van der Waals surface area (Å²) in [5.74, 6) is -2.64. The van der Waals surface area contributed by atoms with Crippen molar-refractivity contribution in [3.8, 4) is 11.8 Å². The molecule has 0 N–H and O–H groups in total. The Morgan fingerprint density at radius 1 is 1.11 bits per heavy atom. The maximum Gasteiger partial charge on any atom is 0.343 e. The Labute approximate surface area is 107 Å². The molecule has 0 heterocycles. The van der Waals surface area contributed by atoms with Crippen LogP contribution in [0.2, 0.25) is 0 Å². The van der Waals surface area contributed by atoms with Gasteiger partial charge < -0.3 is 4.74 Å². The zero-order valence-corrected chi connectivity index (χ0v) is 9.56. The van der Waals surface area contributed by atoms with Crippen molar-refractivity contribution in [3.05, 3.63) is 65.2 Å². The van der Waals surface area contributed by atoms with Crippen LogP contribution in [0.25, 0.3) is 0 Å². The van der Waals surface area contributed by atoms with E-state index in [0.29, 0.717) is 6.07 Å². The quantitative estimate of drug-likeness (QED) is 0.615. The Hall–Kier alpha value is -2.74. The van der Waals surface area contributed by atoms with Crippen molar-refractivity contribution in [2.45, 2.75) is 0 Å². The van der Waals surface area contributed by atoms with Crippen LogP contribution in [0.4, 0.5) is 8.78 Å². The second-order valence-corrected chi connectivity index (χ2v) is 3.66. The predicted octanol–water partition coefficient (Wildman–Crippen LogP) is 3.06. The van der Waals surface area contributed by atoms with Crippen LogP contribution < -0.4 is 4.74 Å². The molecule has 0 aliphatic rings. The third-order valence-corrected chi connectivity index (χ3v) is 2.31. The SMILES string of the molecule is N#Cc1ccccc1OC(=O)c1cc(F)cc(F)c1. The highest BCUT2D eigenvalue weighted by atomic mass is 19.1. The topological polar surface area (TPSA) is 50.1 Å². The van der Waals surface area contributed by atoms with Gasteiger partial charge in [-0.15, -0.1) is 0 Å². The van der Waals surface area contributed by atoms with Crippen molar-refractivity contribution in [3.63, 3.8) is 0 Å². The first-order valence-corrected chi connectivity index (χ1v) is 5.27. The van der Waals surface area contributed by atoms with Gasteiger partial charge >= 0.3 is 5.97 Å². The van der Waals surface area contributed by atoms with Gasteiger partial charge in [-0.3, -0.25) is 0 Å². The van der Waals surface area contributed by atoms with Crippen LogP contribution in [0.1, 0.15) is 15.9 Å². The molecule has 0 bridgehead atoms. The third kappa shape index (κ3) is 2.93. The molecule has 0 amide bonds. The second kappa shape index (κ2) is 5.27. The molecule has 0 aromatic heterocycles. The molecule has 0 spiro atoms. The summed E-state index contributed by atoms with van der Waals surface area (Å²) in [5, 5.41) is 8.83. The van der Waals surface area contributed by atoms with Gasteiger partial charge in [-0.1, -0.05) is 12.1 Å². The van der Waals surface area contributed by atoms with Gasteiger partial charge in [-0.05, 0) is 24.3 Å². The molecule has 0 aliphatic carbocycles. The van der Waals surface area contributed by atoms with Gasteiger partial charge in [0.25, 0.3) is 0 Å². The highest BCUT2D eigenvalue weighted by Crippen LogP contribution is 2.18. The standard InChI is InChI=1S/C14H7F2NO2/c15-11-5-10(6-12(16)7-11)14(18)19-13-4-2-1-3-9(13)8-17/h1-7H. The molecule has 19 heavy (non-hydrogen) atoms. The first-order chi connectivity index (χ1) is 9.10. The van der Waals surface area contributed by atoms with E-state index in [0.717, 1.165) is 12.1 Å².